The molecule has 4 N–H and O–H groups in total. The molecular formula is C10H13NO3. The standard InChI is InChI=1S/C10H13NO3/c12-5-8-1-6-2-9(13)10(14)3-7(6)4-11-8/h2-3,8,11-14H,1,4-5H2. The largest absolute Gasteiger partial charge is 0.504 e. The van der Waals surface area contributed by atoms with Crippen molar-refractivity contribution < 1.29 is 15.3 Å². The fraction of sp³-hybridized carbons (Fsp3) is 0.400. The van der Waals surface area contributed by atoms with Gasteiger partial charge < -0.3 is 20.6 Å². The van der Waals surface area contributed by atoms with Crippen LogP contribution in [0.15, 0.2) is 12.1 Å². The minimum absolute atomic E-state index is 0.0476. The van der Waals surface area contributed by atoms with E-state index in [0.717, 1.165) is 11.1 Å². The number of nitrogens with one attached hydrogen (secondary N) is 1. The SMILES string of the molecule is OCC1Cc2cc(O)c(O)cc2CN1. The summed E-state index contributed by atoms with van der Waals surface area (Å²) in [7, 11) is 0. The smallest absolute Gasteiger partial charge is 0.157 e. The number of phenols is 2. The third-order valence-electron chi connectivity index (χ3n) is 2.56. The summed E-state index contributed by atoms with van der Waals surface area (Å²) in [4.78, 5) is 0. The summed E-state index contributed by atoms with van der Waals surface area (Å²) in [5.74, 6) is -0.185. The van der Waals surface area contributed by atoms with E-state index in [9.17, 15) is 10.2 Å². The first-order chi connectivity index (χ1) is 6.70. The van der Waals surface area contributed by atoms with E-state index in [2.05, 4.69) is 5.32 Å². The van der Waals surface area contributed by atoms with E-state index in [0.29, 0.717) is 13.0 Å². The second kappa shape index (κ2) is 3.48. The van der Waals surface area contributed by atoms with Crippen molar-refractivity contribution in [2.45, 2.75) is 19.0 Å². The molecule has 2 rings (SSSR count). The Morgan fingerprint density at radius 1 is 1.21 bits per heavy atom. The molecule has 1 atom stereocenters. The molecule has 0 radical (unpaired) electrons. The number of aromatic hydroxyl groups is 2. The van der Waals surface area contributed by atoms with Gasteiger partial charge in [0.2, 0.25) is 0 Å². The van der Waals surface area contributed by atoms with E-state index in [4.69, 9.17) is 5.11 Å². The van der Waals surface area contributed by atoms with Crippen molar-refractivity contribution in [1.82, 2.24) is 5.32 Å². The van der Waals surface area contributed by atoms with Crippen LogP contribution in [0.4, 0.5) is 0 Å². The number of rotatable bonds is 1. The normalized spacial score (nSPS) is 20.5. The summed E-state index contributed by atoms with van der Waals surface area (Å²) in [6, 6.07) is 3.17. The maximum absolute atomic E-state index is 9.30. The Morgan fingerprint density at radius 2 is 1.86 bits per heavy atom. The first-order valence-corrected chi connectivity index (χ1v) is 4.58. The number of aliphatic hydroxyl groups is 1. The van der Waals surface area contributed by atoms with Crippen LogP contribution in [0.5, 0.6) is 11.5 Å². The zero-order valence-electron chi connectivity index (χ0n) is 7.70. The second-order valence-corrected chi connectivity index (χ2v) is 3.57. The van der Waals surface area contributed by atoms with Crippen molar-refractivity contribution in [3.8, 4) is 11.5 Å². The van der Waals surface area contributed by atoms with Gasteiger partial charge in [0.15, 0.2) is 11.5 Å². The van der Waals surface area contributed by atoms with E-state index in [-0.39, 0.29) is 24.1 Å². The van der Waals surface area contributed by atoms with Gasteiger partial charge in [-0.3, -0.25) is 0 Å². The number of phenolic OH excluding ortho intramolecular Hbond substituents is 2. The quantitative estimate of drug-likeness (QED) is 0.480. The van der Waals surface area contributed by atoms with Crippen molar-refractivity contribution >= 4 is 0 Å². The van der Waals surface area contributed by atoms with E-state index < -0.39 is 0 Å². The molecule has 1 aromatic rings. The van der Waals surface area contributed by atoms with Gasteiger partial charge >= 0.3 is 0 Å². The fourth-order valence-corrected chi connectivity index (χ4v) is 1.74. The molecule has 1 aromatic carbocycles. The summed E-state index contributed by atoms with van der Waals surface area (Å²) in [6.45, 7) is 0.704. The van der Waals surface area contributed by atoms with Crippen LogP contribution in [0.25, 0.3) is 0 Å². The van der Waals surface area contributed by atoms with Gasteiger partial charge in [-0.15, -0.1) is 0 Å². The van der Waals surface area contributed by atoms with Crippen molar-refractivity contribution in [3.05, 3.63) is 23.3 Å². The molecule has 4 nitrogen and oxygen atoms in total. The Kier molecular flexibility index (Phi) is 2.31. The average molecular weight is 195 g/mol. The number of benzene rings is 1. The summed E-state index contributed by atoms with van der Waals surface area (Å²) in [5, 5.41) is 30.7. The molecule has 0 saturated carbocycles. The zero-order chi connectivity index (χ0) is 10.1. The van der Waals surface area contributed by atoms with Gasteiger partial charge in [0, 0.05) is 12.6 Å². The Morgan fingerprint density at radius 3 is 2.50 bits per heavy atom. The topological polar surface area (TPSA) is 72.7 Å². The molecule has 0 bridgehead atoms. The molecule has 0 spiro atoms. The molecule has 1 heterocycles. The monoisotopic (exact) mass is 195 g/mol. The minimum Gasteiger partial charge on any atom is -0.504 e. The van der Waals surface area contributed by atoms with Gasteiger partial charge in [-0.25, -0.2) is 0 Å². The van der Waals surface area contributed by atoms with Crippen molar-refractivity contribution in [1.29, 1.82) is 0 Å². The maximum Gasteiger partial charge on any atom is 0.157 e. The highest BCUT2D eigenvalue weighted by molar-refractivity contribution is 5.46. The van der Waals surface area contributed by atoms with Crippen LogP contribution in [0.2, 0.25) is 0 Å². The molecular weight excluding hydrogens is 182 g/mol. The third kappa shape index (κ3) is 1.54. The zero-order valence-corrected chi connectivity index (χ0v) is 7.70. The first-order valence-electron chi connectivity index (χ1n) is 4.58. The number of fused-ring (bicyclic) bond motifs is 1. The minimum atomic E-state index is -0.0951. The van der Waals surface area contributed by atoms with Crippen molar-refractivity contribution in [2.24, 2.45) is 0 Å². The van der Waals surface area contributed by atoms with Gasteiger partial charge in [0.05, 0.1) is 6.61 Å². The molecule has 0 aliphatic carbocycles. The van der Waals surface area contributed by atoms with E-state index in [1.165, 1.54) is 0 Å². The number of hydrogen-bond donors (Lipinski definition) is 4. The third-order valence-corrected chi connectivity index (χ3v) is 2.56. The van der Waals surface area contributed by atoms with Gasteiger partial charge in [0.1, 0.15) is 0 Å². The lowest BCUT2D eigenvalue weighted by Gasteiger charge is -2.24. The lowest BCUT2D eigenvalue weighted by molar-refractivity contribution is 0.235. The molecule has 1 unspecified atom stereocenters. The molecule has 76 valence electrons. The highest BCUT2D eigenvalue weighted by atomic mass is 16.3. The van der Waals surface area contributed by atoms with Gasteiger partial charge in [-0.1, -0.05) is 0 Å². The summed E-state index contributed by atoms with van der Waals surface area (Å²) < 4.78 is 0. The van der Waals surface area contributed by atoms with Crippen LogP contribution < -0.4 is 5.32 Å². The lowest BCUT2D eigenvalue weighted by Crippen LogP contribution is -2.38. The van der Waals surface area contributed by atoms with Crippen LogP contribution in [0.3, 0.4) is 0 Å². The van der Waals surface area contributed by atoms with Crippen molar-refractivity contribution in [3.63, 3.8) is 0 Å². The molecule has 0 aromatic heterocycles. The Balaban J connectivity index is 2.33. The van der Waals surface area contributed by atoms with Crippen LogP contribution in [-0.2, 0) is 13.0 Å². The van der Waals surface area contributed by atoms with Crippen molar-refractivity contribution in [2.75, 3.05) is 6.61 Å². The summed E-state index contributed by atoms with van der Waals surface area (Å²) >= 11 is 0. The lowest BCUT2D eigenvalue weighted by atomic mass is 9.95. The second-order valence-electron chi connectivity index (χ2n) is 3.57. The first kappa shape index (κ1) is 9.30. The Hall–Kier alpha value is -1.26. The fourth-order valence-electron chi connectivity index (χ4n) is 1.74. The molecule has 0 saturated heterocycles. The van der Waals surface area contributed by atoms with Crippen LogP contribution in [0, 0.1) is 0 Å². The number of aliphatic hydroxyl groups excluding tert-OH is 1. The number of hydrogen-bond acceptors (Lipinski definition) is 4. The molecule has 14 heavy (non-hydrogen) atoms. The molecule has 0 amide bonds. The summed E-state index contributed by atoms with van der Waals surface area (Å²) in [6.07, 6.45) is 0.680. The Bertz CT molecular complexity index is 351. The van der Waals surface area contributed by atoms with Gasteiger partial charge in [-0.05, 0) is 29.7 Å². The predicted molar refractivity (Wildman–Crippen MR) is 51.2 cm³/mol. The molecule has 0 fully saturated rings. The van der Waals surface area contributed by atoms with Gasteiger partial charge in [0.25, 0.3) is 0 Å². The van der Waals surface area contributed by atoms with Gasteiger partial charge in [-0.2, -0.15) is 0 Å². The van der Waals surface area contributed by atoms with E-state index in [1.807, 2.05) is 0 Å². The van der Waals surface area contributed by atoms with Crippen LogP contribution in [0.1, 0.15) is 11.1 Å². The van der Waals surface area contributed by atoms with E-state index >= 15 is 0 Å². The summed E-state index contributed by atoms with van der Waals surface area (Å²) in [5.41, 5.74) is 1.96. The molecule has 1 aliphatic rings. The van der Waals surface area contributed by atoms with Crippen LogP contribution >= 0.6 is 0 Å². The van der Waals surface area contributed by atoms with Crippen LogP contribution in [-0.4, -0.2) is 28.0 Å². The van der Waals surface area contributed by atoms with E-state index in [1.54, 1.807) is 12.1 Å². The highest BCUT2D eigenvalue weighted by Crippen LogP contribution is 2.30. The molecule has 4 heteroatoms. The molecule has 1 aliphatic heterocycles. The maximum atomic E-state index is 9.30. The average Bonchev–Trinajstić information content (AvgIpc) is 2.19. The highest BCUT2D eigenvalue weighted by Gasteiger charge is 2.18. The predicted octanol–water partition coefficient (Wildman–Crippen LogP) is 0.104. The Labute approximate surface area is 81.8 Å².